The number of aromatic nitrogens is 1. The van der Waals surface area contributed by atoms with Gasteiger partial charge >= 0.3 is 5.97 Å². The van der Waals surface area contributed by atoms with Crippen LogP contribution in [-0.4, -0.2) is 23.6 Å². The van der Waals surface area contributed by atoms with Gasteiger partial charge in [-0.3, -0.25) is 9.59 Å². The molecule has 0 saturated carbocycles. The van der Waals surface area contributed by atoms with Crippen LogP contribution in [0.5, 0.6) is 0 Å². The van der Waals surface area contributed by atoms with E-state index in [0.717, 1.165) is 5.56 Å². The fraction of sp³-hybridized carbons (Fsp3) is 0.190. The molecule has 0 unspecified atom stereocenters. The molecule has 4 rings (SSSR count). The molecule has 1 aliphatic heterocycles. The van der Waals surface area contributed by atoms with Crippen molar-refractivity contribution in [3.05, 3.63) is 72.2 Å². The molecule has 2 heterocycles. The van der Waals surface area contributed by atoms with E-state index in [0.29, 0.717) is 11.5 Å². The summed E-state index contributed by atoms with van der Waals surface area (Å²) in [6.07, 6.45) is -0.0127. The Kier molecular flexibility index (Phi) is 4.89. The van der Waals surface area contributed by atoms with Crippen LogP contribution in [0.2, 0.25) is 0 Å². The predicted octanol–water partition coefficient (Wildman–Crippen LogP) is 3.58. The Morgan fingerprint density at radius 1 is 1.18 bits per heavy atom. The second-order valence-corrected chi connectivity index (χ2v) is 6.51. The lowest BCUT2D eigenvalue weighted by Crippen LogP contribution is -2.27. The van der Waals surface area contributed by atoms with E-state index >= 15 is 0 Å². The zero-order valence-electron chi connectivity index (χ0n) is 14.9. The molecular weight excluding hydrogens is 363 g/mol. The van der Waals surface area contributed by atoms with Gasteiger partial charge in [0.1, 0.15) is 18.1 Å². The quantitative estimate of drug-likeness (QED) is 0.633. The van der Waals surface area contributed by atoms with E-state index in [4.69, 9.17) is 9.26 Å². The molecular formula is C21H17FN2O4. The van der Waals surface area contributed by atoms with E-state index in [-0.39, 0.29) is 31.2 Å². The first-order valence-electron chi connectivity index (χ1n) is 8.84. The van der Waals surface area contributed by atoms with Gasteiger partial charge in [0.2, 0.25) is 5.91 Å². The van der Waals surface area contributed by atoms with Crippen molar-refractivity contribution in [2.24, 2.45) is 5.92 Å². The van der Waals surface area contributed by atoms with Crippen LogP contribution in [0.3, 0.4) is 0 Å². The molecule has 1 fully saturated rings. The molecule has 28 heavy (non-hydrogen) atoms. The SMILES string of the molecule is O=C(OCc1cc(-c2ccccc2)on1)[C@H]1CC(=O)N(c2ccccc2F)C1. The van der Waals surface area contributed by atoms with E-state index in [2.05, 4.69) is 5.16 Å². The highest BCUT2D eigenvalue weighted by Crippen LogP contribution is 2.28. The lowest BCUT2D eigenvalue weighted by molar-refractivity contribution is -0.149. The molecule has 1 aliphatic rings. The minimum absolute atomic E-state index is 0.0127. The summed E-state index contributed by atoms with van der Waals surface area (Å²) in [7, 11) is 0. The molecule has 7 heteroatoms. The lowest BCUT2D eigenvalue weighted by atomic mass is 10.1. The van der Waals surface area contributed by atoms with Crippen molar-refractivity contribution in [3.63, 3.8) is 0 Å². The van der Waals surface area contributed by atoms with Gasteiger partial charge in [0.25, 0.3) is 0 Å². The normalized spacial score (nSPS) is 16.4. The zero-order chi connectivity index (χ0) is 19.5. The average Bonchev–Trinajstić information content (AvgIpc) is 3.34. The van der Waals surface area contributed by atoms with Gasteiger partial charge in [-0.05, 0) is 12.1 Å². The van der Waals surface area contributed by atoms with Crippen molar-refractivity contribution in [2.45, 2.75) is 13.0 Å². The van der Waals surface area contributed by atoms with Crippen LogP contribution >= 0.6 is 0 Å². The molecule has 1 saturated heterocycles. The fourth-order valence-corrected chi connectivity index (χ4v) is 3.15. The van der Waals surface area contributed by atoms with E-state index in [1.165, 1.54) is 17.0 Å². The number of carbonyl (C=O) groups is 2. The number of rotatable bonds is 5. The van der Waals surface area contributed by atoms with Gasteiger partial charge in [-0.2, -0.15) is 0 Å². The number of hydrogen-bond acceptors (Lipinski definition) is 5. The summed E-state index contributed by atoms with van der Waals surface area (Å²) in [6, 6.07) is 17.1. The summed E-state index contributed by atoms with van der Waals surface area (Å²) < 4.78 is 24.5. The third-order valence-corrected chi connectivity index (χ3v) is 4.58. The number of carbonyl (C=O) groups excluding carboxylic acids is 2. The van der Waals surface area contributed by atoms with Crippen molar-refractivity contribution in [2.75, 3.05) is 11.4 Å². The first-order valence-corrected chi connectivity index (χ1v) is 8.84. The molecule has 0 bridgehead atoms. The predicted molar refractivity (Wildman–Crippen MR) is 98.6 cm³/mol. The van der Waals surface area contributed by atoms with Crippen molar-refractivity contribution in [1.29, 1.82) is 0 Å². The number of para-hydroxylation sites is 1. The second kappa shape index (κ2) is 7.64. The van der Waals surface area contributed by atoms with Gasteiger partial charge in [0.15, 0.2) is 5.76 Å². The molecule has 3 aromatic rings. The van der Waals surface area contributed by atoms with Crippen LogP contribution in [0.25, 0.3) is 11.3 Å². The van der Waals surface area contributed by atoms with Crippen LogP contribution in [0.4, 0.5) is 10.1 Å². The Labute approximate surface area is 160 Å². The Balaban J connectivity index is 1.37. The monoisotopic (exact) mass is 380 g/mol. The summed E-state index contributed by atoms with van der Waals surface area (Å²) in [5, 5.41) is 3.90. The molecule has 6 nitrogen and oxygen atoms in total. The number of esters is 1. The molecule has 1 amide bonds. The number of anilines is 1. The molecule has 0 aliphatic carbocycles. The highest BCUT2D eigenvalue weighted by atomic mass is 19.1. The van der Waals surface area contributed by atoms with Crippen LogP contribution in [0.15, 0.2) is 65.2 Å². The maximum absolute atomic E-state index is 13.9. The topological polar surface area (TPSA) is 72.6 Å². The molecule has 1 atom stereocenters. The minimum atomic E-state index is -0.646. The standard InChI is InChI=1S/C21H17FN2O4/c22-17-8-4-5-9-18(17)24-12-15(10-20(24)25)21(26)27-13-16-11-19(28-23-16)14-6-2-1-3-7-14/h1-9,11,15H,10,12-13H2/t15-/m0/s1. The highest BCUT2D eigenvalue weighted by Gasteiger charge is 2.37. The third kappa shape index (κ3) is 3.64. The van der Waals surface area contributed by atoms with Crippen molar-refractivity contribution in [3.8, 4) is 11.3 Å². The Bertz CT molecular complexity index is 1000. The second-order valence-electron chi connectivity index (χ2n) is 6.51. The van der Waals surface area contributed by atoms with E-state index in [1.807, 2.05) is 30.3 Å². The van der Waals surface area contributed by atoms with Gasteiger partial charge in [-0.25, -0.2) is 4.39 Å². The van der Waals surface area contributed by atoms with Gasteiger partial charge in [0, 0.05) is 24.6 Å². The number of nitrogens with zero attached hydrogens (tertiary/aromatic N) is 2. The smallest absolute Gasteiger partial charge is 0.311 e. The molecule has 142 valence electrons. The van der Waals surface area contributed by atoms with E-state index < -0.39 is 17.7 Å². The third-order valence-electron chi connectivity index (χ3n) is 4.58. The van der Waals surface area contributed by atoms with Crippen LogP contribution in [0.1, 0.15) is 12.1 Å². The first kappa shape index (κ1) is 17.9. The summed E-state index contributed by atoms with van der Waals surface area (Å²) in [4.78, 5) is 25.8. The van der Waals surface area contributed by atoms with Gasteiger partial charge in [-0.1, -0.05) is 47.6 Å². The molecule has 2 aromatic carbocycles. The summed E-state index contributed by atoms with van der Waals surface area (Å²) >= 11 is 0. The molecule has 1 aromatic heterocycles. The van der Waals surface area contributed by atoms with Crippen LogP contribution < -0.4 is 4.90 Å². The lowest BCUT2D eigenvalue weighted by Gasteiger charge is -2.17. The highest BCUT2D eigenvalue weighted by molar-refractivity contribution is 5.99. The summed E-state index contributed by atoms with van der Waals surface area (Å²) in [5.41, 5.74) is 1.52. The number of amides is 1. The number of benzene rings is 2. The molecule has 0 radical (unpaired) electrons. The average molecular weight is 380 g/mol. The van der Waals surface area contributed by atoms with E-state index in [1.54, 1.807) is 18.2 Å². The number of hydrogen-bond donors (Lipinski definition) is 0. The van der Waals surface area contributed by atoms with Gasteiger partial charge < -0.3 is 14.2 Å². The summed E-state index contributed by atoms with van der Waals surface area (Å²) in [6.45, 7) is 0.0340. The van der Waals surface area contributed by atoms with Crippen molar-refractivity contribution < 1.29 is 23.2 Å². The fourth-order valence-electron chi connectivity index (χ4n) is 3.15. The van der Waals surface area contributed by atoms with Crippen molar-refractivity contribution in [1.82, 2.24) is 5.16 Å². The summed E-state index contributed by atoms with van der Waals surface area (Å²) in [5.74, 6) is -1.39. The van der Waals surface area contributed by atoms with E-state index in [9.17, 15) is 14.0 Å². The Hall–Kier alpha value is -3.48. The van der Waals surface area contributed by atoms with Crippen LogP contribution in [-0.2, 0) is 20.9 Å². The maximum Gasteiger partial charge on any atom is 0.311 e. The number of halogens is 1. The van der Waals surface area contributed by atoms with Gasteiger partial charge in [-0.15, -0.1) is 0 Å². The minimum Gasteiger partial charge on any atom is -0.459 e. The maximum atomic E-state index is 13.9. The largest absolute Gasteiger partial charge is 0.459 e. The van der Waals surface area contributed by atoms with Crippen LogP contribution in [0, 0.1) is 11.7 Å². The van der Waals surface area contributed by atoms with Gasteiger partial charge in [0.05, 0.1) is 11.6 Å². The molecule has 0 spiro atoms. The Morgan fingerprint density at radius 2 is 1.93 bits per heavy atom. The number of ether oxygens (including phenoxy) is 1. The zero-order valence-corrected chi connectivity index (χ0v) is 14.9. The first-order chi connectivity index (χ1) is 13.6. The Morgan fingerprint density at radius 3 is 2.71 bits per heavy atom. The van der Waals surface area contributed by atoms with Crippen molar-refractivity contribution >= 4 is 17.6 Å². The molecule has 0 N–H and O–H groups in total.